The summed E-state index contributed by atoms with van der Waals surface area (Å²) in [5.74, 6) is 0.953. The number of carbonyl (C=O) groups excluding carboxylic acids is 1. The summed E-state index contributed by atoms with van der Waals surface area (Å²) in [6.45, 7) is 4.36. The zero-order valence-electron chi connectivity index (χ0n) is 20.9. The quantitative estimate of drug-likeness (QED) is 0.310. The number of rotatable bonds is 8. The van der Waals surface area contributed by atoms with Gasteiger partial charge in [0.2, 0.25) is 6.10 Å². The van der Waals surface area contributed by atoms with E-state index < -0.39 is 6.10 Å². The highest BCUT2D eigenvalue weighted by molar-refractivity contribution is 7.93. The molecule has 0 aliphatic carbocycles. The molecular formula is C26H24ClN7O3S. The standard InChI is InChI=1S/C26H24ClN7O3S/c1-14(2)6-19-17(8-28)24(18-11-31-33-25(18)32-19)15-4-5-20-21(7-15)37-22(13-36-38-3)26(35)34(20)12-23-29-9-16(27)10-30-23/h4-5,7,9-11,14,22H,6,12-13H2,1-3H3,(H,31,32,33). The Morgan fingerprint density at radius 1 is 1.29 bits per heavy atom. The molecule has 0 spiro atoms. The van der Waals surface area contributed by atoms with Gasteiger partial charge in [0, 0.05) is 29.6 Å². The number of H-pyrrole nitrogens is 1. The number of fused-ring (bicyclic) bond motifs is 2. The number of benzene rings is 1. The molecule has 1 atom stereocenters. The lowest BCUT2D eigenvalue weighted by Crippen LogP contribution is -2.47. The van der Waals surface area contributed by atoms with E-state index in [1.165, 1.54) is 12.4 Å². The van der Waals surface area contributed by atoms with Gasteiger partial charge in [-0.3, -0.25) is 14.8 Å². The fraction of sp³-hybridized carbons (Fsp3) is 0.308. The predicted octanol–water partition coefficient (Wildman–Crippen LogP) is 4.73. The van der Waals surface area contributed by atoms with Crippen molar-refractivity contribution in [2.75, 3.05) is 17.8 Å². The Balaban J connectivity index is 1.62. The Morgan fingerprint density at radius 3 is 2.79 bits per heavy atom. The molecule has 1 aliphatic rings. The number of amides is 1. The number of ether oxygens (including phenoxy) is 1. The molecule has 4 aromatic rings. The number of nitrogens with zero attached hydrogens (tertiary/aromatic N) is 6. The summed E-state index contributed by atoms with van der Waals surface area (Å²) in [6.07, 6.45) is 6.20. The molecule has 4 heterocycles. The van der Waals surface area contributed by atoms with Crippen molar-refractivity contribution in [2.24, 2.45) is 5.92 Å². The molecular weight excluding hydrogens is 526 g/mol. The van der Waals surface area contributed by atoms with Crippen LogP contribution in [-0.4, -0.2) is 50.0 Å². The number of aromatic nitrogens is 5. The lowest BCUT2D eigenvalue weighted by Gasteiger charge is -2.34. The molecule has 0 bridgehead atoms. The van der Waals surface area contributed by atoms with Crippen LogP contribution >= 0.6 is 23.6 Å². The number of nitriles is 1. The van der Waals surface area contributed by atoms with E-state index in [1.807, 2.05) is 12.1 Å². The van der Waals surface area contributed by atoms with Crippen molar-refractivity contribution in [1.29, 1.82) is 5.26 Å². The van der Waals surface area contributed by atoms with E-state index >= 15 is 0 Å². The molecule has 38 heavy (non-hydrogen) atoms. The first kappa shape index (κ1) is 25.9. The molecule has 194 valence electrons. The maximum Gasteiger partial charge on any atom is 0.271 e. The van der Waals surface area contributed by atoms with E-state index in [9.17, 15) is 10.1 Å². The molecule has 12 heteroatoms. The fourth-order valence-electron chi connectivity index (χ4n) is 4.42. The van der Waals surface area contributed by atoms with Crippen molar-refractivity contribution < 1.29 is 13.7 Å². The smallest absolute Gasteiger partial charge is 0.271 e. The molecule has 5 rings (SSSR count). The number of halogens is 1. The van der Waals surface area contributed by atoms with Crippen LogP contribution in [0.15, 0.2) is 36.8 Å². The van der Waals surface area contributed by atoms with E-state index in [0.717, 1.165) is 28.6 Å². The van der Waals surface area contributed by atoms with Crippen molar-refractivity contribution in [2.45, 2.75) is 32.9 Å². The molecule has 0 fully saturated rings. The van der Waals surface area contributed by atoms with Crippen LogP contribution in [0.1, 0.15) is 30.9 Å². The summed E-state index contributed by atoms with van der Waals surface area (Å²) in [4.78, 5) is 28.1. The number of anilines is 1. The molecule has 1 aromatic carbocycles. The highest BCUT2D eigenvalue weighted by atomic mass is 35.5. The fourth-order valence-corrected chi connectivity index (χ4v) is 4.77. The number of hydrogen-bond acceptors (Lipinski definition) is 9. The number of nitrogens with one attached hydrogen (secondary N) is 1. The van der Waals surface area contributed by atoms with Crippen molar-refractivity contribution in [3.63, 3.8) is 0 Å². The van der Waals surface area contributed by atoms with Gasteiger partial charge in [-0.25, -0.2) is 15.0 Å². The first-order valence-corrected chi connectivity index (χ1v) is 13.4. The first-order valence-electron chi connectivity index (χ1n) is 11.9. The van der Waals surface area contributed by atoms with Gasteiger partial charge < -0.3 is 8.92 Å². The average molecular weight is 550 g/mol. The normalized spacial score (nSPS) is 15.0. The van der Waals surface area contributed by atoms with Crippen LogP contribution in [0, 0.1) is 17.2 Å². The maximum atomic E-state index is 13.4. The molecule has 0 radical (unpaired) electrons. The van der Waals surface area contributed by atoms with Crippen molar-refractivity contribution in [3.8, 4) is 22.9 Å². The second kappa shape index (κ2) is 10.9. The Bertz CT molecular complexity index is 1530. The van der Waals surface area contributed by atoms with E-state index in [0.29, 0.717) is 51.5 Å². The van der Waals surface area contributed by atoms with Crippen molar-refractivity contribution in [3.05, 3.63) is 58.9 Å². The van der Waals surface area contributed by atoms with Crippen LogP contribution in [0.25, 0.3) is 22.2 Å². The Morgan fingerprint density at radius 2 is 2.08 bits per heavy atom. The number of hydrogen-bond donors (Lipinski definition) is 1. The highest BCUT2D eigenvalue weighted by Gasteiger charge is 2.36. The van der Waals surface area contributed by atoms with Crippen LogP contribution in [0.4, 0.5) is 5.69 Å². The van der Waals surface area contributed by atoms with Gasteiger partial charge in [0.15, 0.2) is 5.65 Å². The van der Waals surface area contributed by atoms with Gasteiger partial charge in [-0.2, -0.15) is 10.4 Å². The van der Waals surface area contributed by atoms with Crippen LogP contribution in [-0.2, 0) is 21.9 Å². The SMILES string of the molecule is CSOCC1Oc2cc(-c3c(C#N)c(CC(C)C)nc4[nH]ncc34)ccc2N(Cc2ncc(Cl)cn2)C1=O. The lowest BCUT2D eigenvalue weighted by atomic mass is 9.93. The topological polar surface area (TPSA) is 130 Å². The van der Waals surface area contributed by atoms with E-state index in [-0.39, 0.29) is 19.1 Å². The van der Waals surface area contributed by atoms with Crippen LogP contribution in [0.2, 0.25) is 5.02 Å². The van der Waals surface area contributed by atoms with Gasteiger partial charge in [-0.05, 0) is 42.1 Å². The minimum atomic E-state index is -0.865. The van der Waals surface area contributed by atoms with Gasteiger partial charge in [0.05, 0.1) is 34.7 Å². The van der Waals surface area contributed by atoms with E-state index in [2.05, 4.69) is 45.1 Å². The summed E-state index contributed by atoms with van der Waals surface area (Å²) in [6, 6.07) is 7.87. The molecule has 3 aromatic heterocycles. The minimum absolute atomic E-state index is 0.0604. The van der Waals surface area contributed by atoms with Crippen LogP contribution < -0.4 is 9.64 Å². The summed E-state index contributed by atoms with van der Waals surface area (Å²) in [7, 11) is 0. The monoisotopic (exact) mass is 549 g/mol. The zero-order chi connectivity index (χ0) is 26.8. The number of pyridine rings is 1. The minimum Gasteiger partial charge on any atom is -0.476 e. The highest BCUT2D eigenvalue weighted by Crippen LogP contribution is 2.41. The molecule has 1 unspecified atom stereocenters. The van der Waals surface area contributed by atoms with E-state index in [4.69, 9.17) is 20.5 Å². The van der Waals surface area contributed by atoms with Gasteiger partial charge >= 0.3 is 0 Å². The lowest BCUT2D eigenvalue weighted by molar-refractivity contribution is -0.127. The Labute approximate surface area is 228 Å². The molecule has 0 saturated heterocycles. The number of carbonyl (C=O) groups is 1. The third-order valence-corrected chi connectivity index (χ3v) is 6.61. The van der Waals surface area contributed by atoms with Crippen LogP contribution in [0.5, 0.6) is 5.75 Å². The first-order chi connectivity index (χ1) is 18.4. The van der Waals surface area contributed by atoms with Gasteiger partial charge in [0.1, 0.15) is 24.3 Å². The van der Waals surface area contributed by atoms with Gasteiger partial charge in [-0.1, -0.05) is 31.5 Å². The van der Waals surface area contributed by atoms with E-state index in [1.54, 1.807) is 23.4 Å². The Hall–Kier alpha value is -3.72. The molecule has 1 amide bonds. The summed E-state index contributed by atoms with van der Waals surface area (Å²) < 4.78 is 11.6. The third kappa shape index (κ3) is 5.03. The largest absolute Gasteiger partial charge is 0.476 e. The van der Waals surface area contributed by atoms with Gasteiger partial charge in [0.25, 0.3) is 5.91 Å². The second-order valence-corrected chi connectivity index (χ2v) is 10.1. The molecule has 1 N–H and O–H groups in total. The average Bonchev–Trinajstić information content (AvgIpc) is 3.37. The summed E-state index contributed by atoms with van der Waals surface area (Å²) in [5, 5.41) is 18.4. The molecule has 1 aliphatic heterocycles. The van der Waals surface area contributed by atoms with Crippen molar-refractivity contribution >= 4 is 46.3 Å². The van der Waals surface area contributed by atoms with Crippen molar-refractivity contribution in [1.82, 2.24) is 25.1 Å². The summed E-state index contributed by atoms with van der Waals surface area (Å²) >= 11 is 7.09. The summed E-state index contributed by atoms with van der Waals surface area (Å²) in [5.41, 5.74) is 3.84. The third-order valence-electron chi connectivity index (χ3n) is 6.05. The predicted molar refractivity (Wildman–Crippen MR) is 145 cm³/mol. The second-order valence-electron chi connectivity index (χ2n) is 9.13. The molecule has 0 saturated carbocycles. The maximum absolute atomic E-state index is 13.4. The zero-order valence-corrected chi connectivity index (χ0v) is 22.5. The van der Waals surface area contributed by atoms with Gasteiger partial charge in [-0.15, -0.1) is 0 Å². The number of aromatic amines is 1. The Kier molecular flexibility index (Phi) is 7.46. The molecule has 10 nitrogen and oxygen atoms in total. The van der Waals surface area contributed by atoms with Crippen LogP contribution in [0.3, 0.4) is 0 Å².